The summed E-state index contributed by atoms with van der Waals surface area (Å²) in [6.07, 6.45) is 5.23. The molecule has 1 aromatic rings. The molecule has 2 rings (SSSR count). The molecule has 1 aromatic carbocycles. The molecule has 1 aliphatic rings. The highest BCUT2D eigenvalue weighted by Gasteiger charge is 2.24. The third kappa shape index (κ3) is 7.22. The van der Waals surface area contributed by atoms with Gasteiger partial charge in [0.15, 0.2) is 5.96 Å². The van der Waals surface area contributed by atoms with Gasteiger partial charge in [-0.1, -0.05) is 37.6 Å². The fourth-order valence-electron chi connectivity index (χ4n) is 2.80. The van der Waals surface area contributed by atoms with Crippen molar-refractivity contribution in [3.8, 4) is 0 Å². The second-order valence-corrected chi connectivity index (χ2v) is 6.25. The van der Waals surface area contributed by atoms with Crippen LogP contribution in [-0.2, 0) is 17.8 Å². The minimum absolute atomic E-state index is 0. The Morgan fingerprint density at radius 3 is 2.40 bits per heavy atom. The van der Waals surface area contributed by atoms with Crippen molar-refractivity contribution in [2.45, 2.75) is 45.6 Å². The zero-order valence-electron chi connectivity index (χ0n) is 15.3. The van der Waals surface area contributed by atoms with E-state index in [1.54, 1.807) is 7.05 Å². The van der Waals surface area contributed by atoms with Crippen LogP contribution in [0, 0.1) is 5.92 Å². The predicted molar refractivity (Wildman–Crippen MR) is 114 cm³/mol. The van der Waals surface area contributed by atoms with Crippen LogP contribution in [0.5, 0.6) is 0 Å². The van der Waals surface area contributed by atoms with E-state index in [0.29, 0.717) is 0 Å². The average molecular weight is 458 g/mol. The number of carbonyl (C=O) groups is 1. The van der Waals surface area contributed by atoms with E-state index < -0.39 is 0 Å². The van der Waals surface area contributed by atoms with Crippen LogP contribution in [0.25, 0.3) is 0 Å². The lowest BCUT2D eigenvalue weighted by atomic mass is 9.85. The van der Waals surface area contributed by atoms with Crippen molar-refractivity contribution in [1.29, 1.82) is 0 Å². The third-order valence-electron chi connectivity index (χ3n) is 4.59. The number of guanidine groups is 1. The number of amides is 1. The number of carbonyl (C=O) groups excluding carboxylic acids is 1. The number of nitrogens with one attached hydrogen (secondary N) is 3. The molecule has 25 heavy (non-hydrogen) atoms. The Morgan fingerprint density at radius 1 is 1.12 bits per heavy atom. The standard InChI is InChI=1S/C19H30N4O.HI/c1-3-15-8-4-5-9-17(15)14-23-19(20-2)22-13-7-12-21-18(24)16-10-6-11-16;/h4-5,8-9,16H,3,6-7,10-14H2,1-2H3,(H,21,24)(H2,20,22,23);1H. The van der Waals surface area contributed by atoms with Gasteiger partial charge in [-0.25, -0.2) is 0 Å². The van der Waals surface area contributed by atoms with Crippen molar-refractivity contribution in [3.63, 3.8) is 0 Å². The van der Waals surface area contributed by atoms with E-state index >= 15 is 0 Å². The summed E-state index contributed by atoms with van der Waals surface area (Å²) in [7, 11) is 1.78. The van der Waals surface area contributed by atoms with E-state index in [1.165, 1.54) is 17.5 Å². The Kier molecular flexibility index (Phi) is 10.5. The van der Waals surface area contributed by atoms with E-state index in [9.17, 15) is 4.79 Å². The molecule has 0 bridgehead atoms. The van der Waals surface area contributed by atoms with E-state index in [0.717, 1.165) is 51.3 Å². The molecule has 1 saturated carbocycles. The summed E-state index contributed by atoms with van der Waals surface area (Å²) >= 11 is 0. The second kappa shape index (κ2) is 12.1. The van der Waals surface area contributed by atoms with Crippen molar-refractivity contribution in [3.05, 3.63) is 35.4 Å². The maximum absolute atomic E-state index is 11.7. The molecule has 0 unspecified atom stereocenters. The van der Waals surface area contributed by atoms with Crippen LogP contribution >= 0.6 is 24.0 Å². The van der Waals surface area contributed by atoms with Crippen LogP contribution in [0.2, 0.25) is 0 Å². The van der Waals surface area contributed by atoms with Gasteiger partial charge >= 0.3 is 0 Å². The van der Waals surface area contributed by atoms with E-state index in [2.05, 4.69) is 52.1 Å². The molecule has 6 heteroatoms. The van der Waals surface area contributed by atoms with Crippen LogP contribution in [0.3, 0.4) is 0 Å². The summed E-state index contributed by atoms with van der Waals surface area (Å²) < 4.78 is 0. The van der Waals surface area contributed by atoms with Crippen molar-refractivity contribution in [1.82, 2.24) is 16.0 Å². The molecule has 0 saturated heterocycles. The number of nitrogens with zero attached hydrogens (tertiary/aromatic N) is 1. The number of hydrogen-bond acceptors (Lipinski definition) is 2. The highest BCUT2D eigenvalue weighted by atomic mass is 127. The average Bonchev–Trinajstić information content (AvgIpc) is 2.56. The van der Waals surface area contributed by atoms with Gasteiger partial charge in [-0.2, -0.15) is 0 Å². The molecule has 0 heterocycles. The number of halogens is 1. The van der Waals surface area contributed by atoms with Gasteiger partial charge in [-0.05, 0) is 36.8 Å². The third-order valence-corrected chi connectivity index (χ3v) is 4.59. The van der Waals surface area contributed by atoms with Crippen LogP contribution in [0.15, 0.2) is 29.3 Å². The Balaban J connectivity index is 0.00000312. The van der Waals surface area contributed by atoms with Crippen molar-refractivity contribution in [2.24, 2.45) is 10.9 Å². The molecule has 0 aliphatic heterocycles. The summed E-state index contributed by atoms with van der Waals surface area (Å²) in [5, 5.41) is 9.65. The minimum Gasteiger partial charge on any atom is -0.356 e. The van der Waals surface area contributed by atoms with Gasteiger partial charge in [-0.3, -0.25) is 9.79 Å². The topological polar surface area (TPSA) is 65.5 Å². The zero-order chi connectivity index (χ0) is 17.2. The fraction of sp³-hybridized carbons (Fsp3) is 0.579. The van der Waals surface area contributed by atoms with Crippen molar-refractivity contribution < 1.29 is 4.79 Å². The van der Waals surface area contributed by atoms with Gasteiger partial charge in [0.25, 0.3) is 0 Å². The summed E-state index contributed by atoms with van der Waals surface area (Å²) in [6, 6.07) is 8.46. The first-order valence-electron chi connectivity index (χ1n) is 9.03. The van der Waals surface area contributed by atoms with Gasteiger partial charge in [0.2, 0.25) is 5.91 Å². The zero-order valence-corrected chi connectivity index (χ0v) is 17.6. The van der Waals surface area contributed by atoms with Crippen LogP contribution in [-0.4, -0.2) is 32.0 Å². The molecule has 3 N–H and O–H groups in total. The Bertz CT molecular complexity index is 558. The number of benzene rings is 1. The SMILES string of the molecule is CCc1ccccc1CNC(=NC)NCCCNC(=O)C1CCC1.I. The number of aryl methyl sites for hydroxylation is 1. The highest BCUT2D eigenvalue weighted by molar-refractivity contribution is 14.0. The van der Waals surface area contributed by atoms with Gasteiger partial charge in [0.1, 0.15) is 0 Å². The van der Waals surface area contributed by atoms with E-state index in [4.69, 9.17) is 0 Å². The van der Waals surface area contributed by atoms with E-state index in [-0.39, 0.29) is 35.8 Å². The molecule has 5 nitrogen and oxygen atoms in total. The second-order valence-electron chi connectivity index (χ2n) is 6.25. The Labute approximate surface area is 168 Å². The lowest BCUT2D eigenvalue weighted by Crippen LogP contribution is -2.39. The Hall–Kier alpha value is -1.31. The van der Waals surface area contributed by atoms with Crippen LogP contribution in [0.1, 0.15) is 43.7 Å². The first kappa shape index (κ1) is 21.7. The minimum atomic E-state index is 0. The van der Waals surface area contributed by atoms with Gasteiger partial charge < -0.3 is 16.0 Å². The van der Waals surface area contributed by atoms with Gasteiger partial charge in [-0.15, -0.1) is 24.0 Å². The molecule has 0 radical (unpaired) electrons. The normalized spacial score (nSPS) is 14.2. The maximum Gasteiger partial charge on any atom is 0.223 e. The molecule has 0 atom stereocenters. The largest absolute Gasteiger partial charge is 0.356 e. The van der Waals surface area contributed by atoms with Crippen molar-refractivity contribution in [2.75, 3.05) is 20.1 Å². The lowest BCUT2D eigenvalue weighted by Gasteiger charge is -2.24. The molecular weight excluding hydrogens is 427 g/mol. The molecular formula is C19H31IN4O. The molecule has 0 aromatic heterocycles. The molecule has 1 aliphatic carbocycles. The monoisotopic (exact) mass is 458 g/mol. The fourth-order valence-corrected chi connectivity index (χ4v) is 2.80. The molecule has 0 spiro atoms. The van der Waals surface area contributed by atoms with E-state index in [1.807, 2.05) is 0 Å². The first-order valence-corrected chi connectivity index (χ1v) is 9.03. The summed E-state index contributed by atoms with van der Waals surface area (Å²) in [5.41, 5.74) is 2.66. The Morgan fingerprint density at radius 2 is 1.80 bits per heavy atom. The molecule has 1 fully saturated rings. The maximum atomic E-state index is 11.7. The number of rotatable bonds is 8. The lowest BCUT2D eigenvalue weighted by molar-refractivity contribution is -0.127. The summed E-state index contributed by atoms with van der Waals surface area (Å²) in [4.78, 5) is 16.0. The number of aliphatic imine (C=N–C) groups is 1. The smallest absolute Gasteiger partial charge is 0.223 e. The molecule has 1 amide bonds. The molecule has 140 valence electrons. The predicted octanol–water partition coefficient (Wildman–Crippen LogP) is 2.84. The number of hydrogen-bond donors (Lipinski definition) is 3. The van der Waals surface area contributed by atoms with Crippen LogP contribution in [0.4, 0.5) is 0 Å². The van der Waals surface area contributed by atoms with Crippen LogP contribution < -0.4 is 16.0 Å². The quantitative estimate of drug-likeness (QED) is 0.243. The van der Waals surface area contributed by atoms with Gasteiger partial charge in [0, 0.05) is 32.6 Å². The first-order chi connectivity index (χ1) is 11.7. The van der Waals surface area contributed by atoms with Gasteiger partial charge in [0.05, 0.1) is 0 Å². The highest BCUT2D eigenvalue weighted by Crippen LogP contribution is 2.25. The summed E-state index contributed by atoms with van der Waals surface area (Å²) in [5.74, 6) is 1.29. The van der Waals surface area contributed by atoms with Crippen molar-refractivity contribution >= 4 is 35.8 Å². The summed E-state index contributed by atoms with van der Waals surface area (Å²) in [6.45, 7) is 4.45.